The summed E-state index contributed by atoms with van der Waals surface area (Å²) in [6.07, 6.45) is -1.14. The molecule has 6 nitrogen and oxygen atoms in total. The quantitative estimate of drug-likeness (QED) is 0.534. The maximum Gasteiger partial charge on any atom is 0.450 e. The molecule has 60 valence electrons. The van der Waals surface area contributed by atoms with Gasteiger partial charge in [-0.2, -0.15) is 8.42 Å². The van der Waals surface area contributed by atoms with E-state index in [0.29, 0.717) is 0 Å². The van der Waals surface area contributed by atoms with Gasteiger partial charge in [-0.25, -0.2) is 4.79 Å². The van der Waals surface area contributed by atoms with Gasteiger partial charge in [-0.1, -0.05) is 0 Å². The maximum absolute atomic E-state index is 10.3. The Morgan fingerprint density at radius 3 is 2.00 bits per heavy atom. The van der Waals surface area contributed by atoms with Crippen LogP contribution in [0.1, 0.15) is 0 Å². The van der Waals surface area contributed by atoms with Crippen molar-refractivity contribution >= 4 is 16.5 Å². The molecule has 0 rings (SSSR count). The van der Waals surface area contributed by atoms with Gasteiger partial charge >= 0.3 is 16.5 Å². The molecule has 0 aromatic carbocycles. The monoisotopic (exact) mass is 169 g/mol. The minimum absolute atomic E-state index is 0.869. The largest absolute Gasteiger partial charge is 0.450 e. The van der Waals surface area contributed by atoms with Crippen molar-refractivity contribution in [3.63, 3.8) is 0 Å². The molecule has 0 atom stereocenters. The lowest BCUT2D eigenvalue weighted by molar-refractivity contribution is 0.167. The first-order valence-electron chi connectivity index (χ1n) is 2.21. The van der Waals surface area contributed by atoms with Crippen molar-refractivity contribution in [1.29, 1.82) is 0 Å². The number of amides is 1. The Bertz CT molecular complexity index is 217. The lowest BCUT2D eigenvalue weighted by atomic mass is 10.9. The van der Waals surface area contributed by atoms with E-state index < -0.39 is 16.5 Å². The second kappa shape index (κ2) is 2.84. The summed E-state index contributed by atoms with van der Waals surface area (Å²) in [4.78, 5) is 11.2. The highest BCUT2D eigenvalue weighted by Gasteiger charge is 2.13. The summed E-state index contributed by atoms with van der Waals surface area (Å²) >= 11 is 0. The van der Waals surface area contributed by atoms with Crippen molar-refractivity contribution < 1.29 is 21.9 Å². The predicted molar refractivity (Wildman–Crippen MR) is 31.7 cm³/mol. The van der Waals surface area contributed by atoms with Crippen molar-refractivity contribution in [1.82, 2.24) is 4.90 Å². The number of carbonyl (C=O) groups excluding carboxylic acids is 1. The van der Waals surface area contributed by atoms with Gasteiger partial charge in [-0.15, -0.1) is 0 Å². The summed E-state index contributed by atoms with van der Waals surface area (Å²) in [6.45, 7) is 0. The van der Waals surface area contributed by atoms with E-state index >= 15 is 0 Å². The molecule has 0 spiro atoms. The zero-order valence-corrected chi connectivity index (χ0v) is 6.25. The molecule has 0 aliphatic heterocycles. The Morgan fingerprint density at radius 1 is 1.50 bits per heavy atom. The van der Waals surface area contributed by atoms with E-state index in [9.17, 15) is 13.2 Å². The minimum Gasteiger partial charge on any atom is -0.313 e. The van der Waals surface area contributed by atoms with Gasteiger partial charge in [0.1, 0.15) is 0 Å². The van der Waals surface area contributed by atoms with Crippen LogP contribution in [0.3, 0.4) is 0 Å². The second-order valence-corrected chi connectivity index (χ2v) is 2.69. The van der Waals surface area contributed by atoms with Crippen molar-refractivity contribution in [3.05, 3.63) is 0 Å². The number of hydrogen-bond acceptors (Lipinski definition) is 4. The van der Waals surface area contributed by atoms with Gasteiger partial charge in [-0.05, 0) is 0 Å². The molecule has 0 aromatic rings. The highest BCUT2D eigenvalue weighted by atomic mass is 32.3. The molecule has 0 saturated carbocycles. The Labute approximate surface area is 58.3 Å². The van der Waals surface area contributed by atoms with Gasteiger partial charge in [0.25, 0.3) is 0 Å². The summed E-state index contributed by atoms with van der Waals surface area (Å²) in [5.41, 5.74) is 0. The van der Waals surface area contributed by atoms with Gasteiger partial charge in [0.2, 0.25) is 0 Å². The van der Waals surface area contributed by atoms with Crippen molar-refractivity contribution in [2.24, 2.45) is 0 Å². The number of hydrogen-bond donors (Lipinski definition) is 1. The van der Waals surface area contributed by atoms with E-state index in [-0.39, 0.29) is 0 Å². The molecule has 1 amide bonds. The van der Waals surface area contributed by atoms with Crippen LogP contribution in [-0.2, 0) is 14.6 Å². The first-order chi connectivity index (χ1) is 4.33. The molecule has 10 heavy (non-hydrogen) atoms. The van der Waals surface area contributed by atoms with Crippen LogP contribution in [-0.4, -0.2) is 38.1 Å². The topological polar surface area (TPSA) is 83.9 Å². The van der Waals surface area contributed by atoms with Crippen molar-refractivity contribution in [2.45, 2.75) is 0 Å². The van der Waals surface area contributed by atoms with Gasteiger partial charge in [-0.3, -0.25) is 4.55 Å². The molecular weight excluding hydrogens is 162 g/mol. The molecule has 0 aliphatic carbocycles. The number of rotatable bonds is 1. The van der Waals surface area contributed by atoms with Crippen LogP contribution >= 0.6 is 0 Å². The Hall–Kier alpha value is -0.820. The third-order valence-corrected chi connectivity index (χ3v) is 0.895. The fourth-order valence-electron chi connectivity index (χ4n) is 0.165. The van der Waals surface area contributed by atoms with Crippen LogP contribution in [0.4, 0.5) is 4.79 Å². The van der Waals surface area contributed by atoms with E-state index in [1.54, 1.807) is 0 Å². The van der Waals surface area contributed by atoms with E-state index in [1.807, 2.05) is 0 Å². The third-order valence-electron chi connectivity index (χ3n) is 0.542. The summed E-state index contributed by atoms with van der Waals surface area (Å²) in [7, 11) is -2.09. The highest BCUT2D eigenvalue weighted by Crippen LogP contribution is 1.90. The van der Waals surface area contributed by atoms with E-state index in [0.717, 1.165) is 4.90 Å². The normalized spacial score (nSPS) is 10.7. The lowest BCUT2D eigenvalue weighted by Crippen LogP contribution is -2.25. The van der Waals surface area contributed by atoms with E-state index in [2.05, 4.69) is 4.18 Å². The number of carbonyl (C=O) groups is 1. The third kappa shape index (κ3) is 4.10. The highest BCUT2D eigenvalue weighted by molar-refractivity contribution is 7.81. The summed E-state index contributed by atoms with van der Waals surface area (Å²) in [5, 5.41) is 0. The van der Waals surface area contributed by atoms with Gasteiger partial charge in [0, 0.05) is 14.1 Å². The van der Waals surface area contributed by atoms with Crippen LogP contribution in [0.15, 0.2) is 0 Å². The average molecular weight is 169 g/mol. The summed E-state index contributed by atoms with van der Waals surface area (Å²) in [6, 6.07) is 0. The molecule has 0 saturated heterocycles. The van der Waals surface area contributed by atoms with E-state index in [4.69, 9.17) is 4.55 Å². The lowest BCUT2D eigenvalue weighted by Gasteiger charge is -2.06. The second-order valence-electron chi connectivity index (χ2n) is 1.67. The Morgan fingerprint density at radius 2 is 1.90 bits per heavy atom. The maximum atomic E-state index is 10.3. The van der Waals surface area contributed by atoms with Crippen LogP contribution < -0.4 is 0 Å². The van der Waals surface area contributed by atoms with E-state index in [1.165, 1.54) is 14.1 Å². The molecule has 0 radical (unpaired) electrons. The van der Waals surface area contributed by atoms with Gasteiger partial charge < -0.3 is 9.08 Å². The van der Waals surface area contributed by atoms with Crippen LogP contribution in [0.25, 0.3) is 0 Å². The Kier molecular flexibility index (Phi) is 2.61. The SMILES string of the molecule is CN(C)C(=O)OS(=O)(=O)O. The first kappa shape index (κ1) is 9.18. The zero-order valence-electron chi connectivity index (χ0n) is 5.44. The summed E-state index contributed by atoms with van der Waals surface area (Å²) in [5.74, 6) is 0. The van der Waals surface area contributed by atoms with Crippen LogP contribution in [0, 0.1) is 0 Å². The molecule has 7 heteroatoms. The molecule has 1 N–H and O–H groups in total. The fraction of sp³-hybridized carbons (Fsp3) is 0.667. The van der Waals surface area contributed by atoms with Gasteiger partial charge in [0.05, 0.1) is 0 Å². The molecule has 0 fully saturated rings. The van der Waals surface area contributed by atoms with Crippen LogP contribution in [0.2, 0.25) is 0 Å². The standard InChI is InChI=1S/C3H7NO5S/c1-4(2)3(5)9-10(6,7)8/h1-2H3,(H,6,7,8). The van der Waals surface area contributed by atoms with Crippen LogP contribution in [0.5, 0.6) is 0 Å². The fourth-order valence-corrected chi connectivity index (χ4v) is 0.494. The average Bonchev–Trinajstić information content (AvgIpc) is 1.60. The predicted octanol–water partition coefficient (Wildman–Crippen LogP) is -0.513. The molecule has 0 bridgehead atoms. The summed E-state index contributed by atoms with van der Waals surface area (Å²) < 4.78 is 31.1. The molecule has 0 unspecified atom stereocenters. The van der Waals surface area contributed by atoms with Crippen molar-refractivity contribution in [2.75, 3.05) is 14.1 Å². The number of nitrogens with zero attached hydrogens (tertiary/aromatic N) is 1. The first-order valence-corrected chi connectivity index (χ1v) is 3.57. The molecular formula is C3H7NO5S. The molecule has 0 heterocycles. The van der Waals surface area contributed by atoms with Gasteiger partial charge in [0.15, 0.2) is 0 Å². The van der Waals surface area contributed by atoms with Crippen molar-refractivity contribution in [3.8, 4) is 0 Å². The Balaban J connectivity index is 4.07. The molecule has 0 aliphatic rings. The minimum atomic E-state index is -4.66. The zero-order chi connectivity index (χ0) is 8.36. The smallest absolute Gasteiger partial charge is 0.313 e. The molecule has 0 aromatic heterocycles.